The first-order valence-electron chi connectivity index (χ1n) is 4.30. The molecule has 0 aromatic heterocycles. The van der Waals surface area contributed by atoms with Crippen LogP contribution in [0.1, 0.15) is 17.3 Å². The summed E-state index contributed by atoms with van der Waals surface area (Å²) in [5, 5.41) is 3.08. The number of allylic oxidation sites excluding steroid dienone is 2. The fourth-order valence-corrected chi connectivity index (χ4v) is 1.20. The van der Waals surface area contributed by atoms with E-state index in [-0.39, 0.29) is 10.8 Å². The Bertz CT molecular complexity index is 357. The van der Waals surface area contributed by atoms with E-state index >= 15 is 0 Å². The average molecular weight is 210 g/mol. The molecule has 14 heavy (non-hydrogen) atoms. The summed E-state index contributed by atoms with van der Waals surface area (Å²) in [7, 11) is 1.73. The smallest absolute Gasteiger partial charge is 0.206 e. The predicted molar refractivity (Wildman–Crippen MR) is 58.4 cm³/mol. The highest BCUT2D eigenvalue weighted by atomic mass is 35.5. The highest BCUT2D eigenvalue weighted by molar-refractivity contribution is 6.45. The molecule has 3 heteroatoms. The second kappa shape index (κ2) is 4.82. The van der Waals surface area contributed by atoms with E-state index in [1.54, 1.807) is 26.1 Å². The van der Waals surface area contributed by atoms with Crippen LogP contribution in [0.25, 0.3) is 0 Å². The quantitative estimate of drug-likeness (QED) is 0.613. The fourth-order valence-electron chi connectivity index (χ4n) is 0.996. The maximum absolute atomic E-state index is 11.7. The van der Waals surface area contributed by atoms with Crippen LogP contribution in [0.2, 0.25) is 0 Å². The molecular weight excluding hydrogens is 198 g/mol. The number of benzene rings is 1. The van der Waals surface area contributed by atoms with Gasteiger partial charge >= 0.3 is 0 Å². The van der Waals surface area contributed by atoms with Crippen LogP contribution >= 0.6 is 11.6 Å². The molecule has 0 atom stereocenters. The van der Waals surface area contributed by atoms with Gasteiger partial charge in [0.1, 0.15) is 5.03 Å². The van der Waals surface area contributed by atoms with Crippen LogP contribution in [-0.4, -0.2) is 12.8 Å². The van der Waals surface area contributed by atoms with Gasteiger partial charge in [-0.05, 0) is 6.92 Å². The Hall–Kier alpha value is -1.28. The van der Waals surface area contributed by atoms with Crippen molar-refractivity contribution in [2.45, 2.75) is 6.92 Å². The lowest BCUT2D eigenvalue weighted by atomic mass is 10.1. The molecule has 0 saturated heterocycles. The molecule has 2 nitrogen and oxygen atoms in total. The molecule has 0 aliphatic heterocycles. The van der Waals surface area contributed by atoms with Crippen molar-refractivity contribution in [2.24, 2.45) is 0 Å². The molecule has 1 rings (SSSR count). The Kier molecular flexibility index (Phi) is 3.72. The molecular formula is C11H12ClNO. The largest absolute Gasteiger partial charge is 0.390 e. The second-order valence-corrected chi connectivity index (χ2v) is 3.26. The van der Waals surface area contributed by atoms with E-state index in [0.29, 0.717) is 11.3 Å². The third-order valence-corrected chi connectivity index (χ3v) is 2.39. The van der Waals surface area contributed by atoms with Crippen LogP contribution in [-0.2, 0) is 0 Å². The maximum Gasteiger partial charge on any atom is 0.206 e. The Morgan fingerprint density at radius 1 is 1.29 bits per heavy atom. The first kappa shape index (κ1) is 10.8. The Balaban J connectivity index is 2.98. The minimum atomic E-state index is -0.154. The van der Waals surface area contributed by atoms with Crippen molar-refractivity contribution in [3.05, 3.63) is 46.6 Å². The molecule has 0 aliphatic carbocycles. The molecule has 0 bridgehead atoms. The lowest BCUT2D eigenvalue weighted by molar-refractivity contribution is 0.104. The summed E-state index contributed by atoms with van der Waals surface area (Å²) in [5.74, 6) is -0.154. The Morgan fingerprint density at radius 2 is 1.86 bits per heavy atom. The molecule has 0 aliphatic rings. The Morgan fingerprint density at radius 3 is 2.36 bits per heavy atom. The van der Waals surface area contributed by atoms with Gasteiger partial charge in [-0.2, -0.15) is 0 Å². The third-order valence-electron chi connectivity index (χ3n) is 1.94. The summed E-state index contributed by atoms with van der Waals surface area (Å²) in [6.45, 7) is 1.77. The molecule has 1 aromatic rings. The fraction of sp³-hybridized carbons (Fsp3) is 0.182. The molecule has 0 heterocycles. The van der Waals surface area contributed by atoms with Gasteiger partial charge in [0.25, 0.3) is 0 Å². The van der Waals surface area contributed by atoms with Gasteiger partial charge in [-0.1, -0.05) is 41.9 Å². The van der Waals surface area contributed by atoms with Gasteiger partial charge in [0, 0.05) is 18.3 Å². The summed E-state index contributed by atoms with van der Waals surface area (Å²) in [5.41, 5.74) is 1.28. The number of nitrogens with one attached hydrogen (secondary N) is 1. The molecule has 0 unspecified atom stereocenters. The monoisotopic (exact) mass is 209 g/mol. The van der Waals surface area contributed by atoms with E-state index < -0.39 is 0 Å². The van der Waals surface area contributed by atoms with Crippen molar-refractivity contribution in [2.75, 3.05) is 7.05 Å². The zero-order valence-electron chi connectivity index (χ0n) is 8.17. The highest BCUT2D eigenvalue weighted by Gasteiger charge is 2.11. The van der Waals surface area contributed by atoms with Gasteiger partial charge in [-0.25, -0.2) is 0 Å². The lowest BCUT2D eigenvalue weighted by Crippen LogP contribution is -2.09. The molecule has 0 fully saturated rings. The first-order chi connectivity index (χ1) is 6.66. The SMILES string of the molecule is CN/C(C)=C(/Cl)C(=O)c1ccccc1. The minimum Gasteiger partial charge on any atom is -0.390 e. The van der Waals surface area contributed by atoms with Gasteiger partial charge in [-0.3, -0.25) is 4.79 Å². The van der Waals surface area contributed by atoms with Crippen molar-refractivity contribution >= 4 is 17.4 Å². The van der Waals surface area contributed by atoms with Gasteiger partial charge in [0.05, 0.1) is 0 Å². The van der Waals surface area contributed by atoms with Crippen LogP contribution in [0.15, 0.2) is 41.1 Å². The van der Waals surface area contributed by atoms with Crippen molar-refractivity contribution in [1.29, 1.82) is 0 Å². The maximum atomic E-state index is 11.7. The normalized spacial score (nSPS) is 11.9. The van der Waals surface area contributed by atoms with Crippen LogP contribution in [0.4, 0.5) is 0 Å². The number of Topliss-reactive ketones (excluding diaryl/α,β-unsaturated/α-hetero) is 1. The number of carbonyl (C=O) groups is 1. The van der Waals surface area contributed by atoms with E-state index in [0.717, 1.165) is 0 Å². The summed E-state index contributed by atoms with van der Waals surface area (Å²) in [6, 6.07) is 8.97. The minimum absolute atomic E-state index is 0.154. The lowest BCUT2D eigenvalue weighted by Gasteiger charge is -2.03. The van der Waals surface area contributed by atoms with Gasteiger partial charge < -0.3 is 5.32 Å². The van der Waals surface area contributed by atoms with Gasteiger partial charge in [-0.15, -0.1) is 0 Å². The van der Waals surface area contributed by atoms with E-state index in [9.17, 15) is 4.79 Å². The van der Waals surface area contributed by atoms with Gasteiger partial charge in [0.15, 0.2) is 0 Å². The van der Waals surface area contributed by atoms with Gasteiger partial charge in [0.2, 0.25) is 5.78 Å². The molecule has 0 spiro atoms. The van der Waals surface area contributed by atoms with Crippen molar-refractivity contribution in [3.8, 4) is 0 Å². The zero-order valence-corrected chi connectivity index (χ0v) is 8.93. The number of carbonyl (C=O) groups excluding carboxylic acids is 1. The second-order valence-electron chi connectivity index (χ2n) is 2.88. The van der Waals surface area contributed by atoms with Crippen LogP contribution in [0.3, 0.4) is 0 Å². The molecule has 0 radical (unpaired) electrons. The zero-order chi connectivity index (χ0) is 10.6. The summed E-state index contributed by atoms with van der Waals surface area (Å²) in [4.78, 5) is 11.7. The van der Waals surface area contributed by atoms with E-state index in [1.807, 2.05) is 18.2 Å². The van der Waals surface area contributed by atoms with Crippen molar-refractivity contribution < 1.29 is 4.79 Å². The molecule has 1 N–H and O–H groups in total. The molecule has 0 saturated carbocycles. The number of halogens is 1. The topological polar surface area (TPSA) is 29.1 Å². The average Bonchev–Trinajstić information content (AvgIpc) is 2.27. The van der Waals surface area contributed by atoms with Crippen molar-refractivity contribution in [1.82, 2.24) is 5.32 Å². The standard InChI is InChI=1S/C11H12ClNO/c1-8(13-2)10(12)11(14)9-6-4-3-5-7-9/h3-7,13H,1-2H3/b10-8+. The third kappa shape index (κ3) is 2.36. The number of hydrogen-bond donors (Lipinski definition) is 1. The Labute approximate surface area is 88.6 Å². The number of hydrogen-bond acceptors (Lipinski definition) is 2. The predicted octanol–water partition coefficient (Wildman–Crippen LogP) is 2.56. The van der Waals surface area contributed by atoms with E-state index in [4.69, 9.17) is 11.6 Å². The molecule has 0 amide bonds. The van der Waals surface area contributed by atoms with Crippen LogP contribution in [0, 0.1) is 0 Å². The van der Waals surface area contributed by atoms with E-state index in [2.05, 4.69) is 5.32 Å². The summed E-state index contributed by atoms with van der Waals surface area (Å²) >= 11 is 5.88. The van der Waals surface area contributed by atoms with Crippen LogP contribution in [0.5, 0.6) is 0 Å². The van der Waals surface area contributed by atoms with Crippen LogP contribution < -0.4 is 5.32 Å². The highest BCUT2D eigenvalue weighted by Crippen LogP contribution is 2.14. The molecule has 74 valence electrons. The summed E-state index contributed by atoms with van der Waals surface area (Å²) in [6.07, 6.45) is 0. The van der Waals surface area contributed by atoms with E-state index in [1.165, 1.54) is 0 Å². The first-order valence-corrected chi connectivity index (χ1v) is 4.68. The summed E-state index contributed by atoms with van der Waals surface area (Å²) < 4.78 is 0. The number of ketones is 1. The van der Waals surface area contributed by atoms with Crippen molar-refractivity contribution in [3.63, 3.8) is 0 Å². The molecule has 1 aromatic carbocycles. The number of rotatable bonds is 3.